The molecule has 0 aromatic heterocycles. The van der Waals surface area contributed by atoms with Crippen molar-refractivity contribution < 1.29 is 21.8 Å². The highest BCUT2D eigenvalue weighted by atomic mass is 35.5. The number of hydrogen-bond donors (Lipinski definition) is 1. The van der Waals surface area contributed by atoms with Crippen LogP contribution in [-0.4, -0.2) is 13.0 Å². The molecule has 3 nitrogen and oxygen atoms in total. The van der Waals surface area contributed by atoms with E-state index in [-0.39, 0.29) is 0 Å². The van der Waals surface area contributed by atoms with Crippen LogP contribution in [0.5, 0.6) is 0 Å². The van der Waals surface area contributed by atoms with Crippen LogP contribution in [0.25, 0.3) is 0 Å². The van der Waals surface area contributed by atoms with Gasteiger partial charge in [-0.05, 0) is 0 Å². The SMILES string of the molecule is O=S(=O)(O)c1c(F)c(F)c(Cl)c(Cl)c1Cl. The van der Waals surface area contributed by atoms with Gasteiger partial charge in [0.1, 0.15) is 0 Å². The molecule has 0 radical (unpaired) electrons. The first-order chi connectivity index (χ1) is 6.68. The van der Waals surface area contributed by atoms with Crippen molar-refractivity contribution in [1.29, 1.82) is 0 Å². The van der Waals surface area contributed by atoms with Crippen molar-refractivity contribution in [3.63, 3.8) is 0 Å². The van der Waals surface area contributed by atoms with Gasteiger partial charge in [0.15, 0.2) is 16.5 Å². The standard InChI is InChI=1S/C6HCl3F2O3S/c7-1-2(8)4(10)5(11)6(3(1)9)15(12,13)14/h(H,12,13,14). The van der Waals surface area contributed by atoms with Gasteiger partial charge in [-0.15, -0.1) is 0 Å². The van der Waals surface area contributed by atoms with Gasteiger partial charge in [0, 0.05) is 0 Å². The fourth-order valence-electron chi connectivity index (χ4n) is 0.811. The summed E-state index contributed by atoms with van der Waals surface area (Å²) in [6.07, 6.45) is 0. The van der Waals surface area contributed by atoms with Gasteiger partial charge in [-0.1, -0.05) is 34.8 Å². The van der Waals surface area contributed by atoms with Crippen LogP contribution >= 0.6 is 34.8 Å². The van der Waals surface area contributed by atoms with Gasteiger partial charge < -0.3 is 0 Å². The topological polar surface area (TPSA) is 54.4 Å². The highest BCUT2D eigenvalue weighted by Crippen LogP contribution is 2.39. The summed E-state index contributed by atoms with van der Waals surface area (Å²) in [4.78, 5) is -1.43. The Kier molecular flexibility index (Phi) is 3.47. The van der Waals surface area contributed by atoms with Crippen LogP contribution in [-0.2, 0) is 10.1 Å². The first kappa shape index (κ1) is 12.9. The zero-order valence-electron chi connectivity index (χ0n) is 6.56. The quantitative estimate of drug-likeness (QED) is 0.492. The molecule has 0 saturated heterocycles. The second-order valence-electron chi connectivity index (χ2n) is 2.37. The van der Waals surface area contributed by atoms with E-state index in [4.69, 9.17) is 39.4 Å². The second-order valence-corrected chi connectivity index (χ2v) is 4.87. The van der Waals surface area contributed by atoms with E-state index in [0.29, 0.717) is 0 Å². The average molecular weight is 297 g/mol. The lowest BCUT2D eigenvalue weighted by molar-refractivity contribution is 0.454. The molecule has 0 amide bonds. The Labute approximate surface area is 98.3 Å². The Morgan fingerprint density at radius 3 is 1.80 bits per heavy atom. The van der Waals surface area contributed by atoms with Crippen molar-refractivity contribution in [3.8, 4) is 0 Å². The fourth-order valence-corrected chi connectivity index (χ4v) is 2.39. The van der Waals surface area contributed by atoms with E-state index in [1.165, 1.54) is 0 Å². The van der Waals surface area contributed by atoms with Gasteiger partial charge in [0.05, 0.1) is 15.1 Å². The first-order valence-electron chi connectivity index (χ1n) is 3.16. The van der Waals surface area contributed by atoms with Crippen LogP contribution < -0.4 is 0 Å². The Bertz CT molecular complexity index is 500. The van der Waals surface area contributed by atoms with Crippen LogP contribution in [0.15, 0.2) is 4.90 Å². The summed E-state index contributed by atoms with van der Waals surface area (Å²) < 4.78 is 55.9. The maximum absolute atomic E-state index is 13.1. The maximum Gasteiger partial charge on any atom is 0.299 e. The van der Waals surface area contributed by atoms with E-state index in [2.05, 4.69) is 0 Å². The third-order valence-electron chi connectivity index (χ3n) is 1.43. The molecule has 0 bridgehead atoms. The van der Waals surface area contributed by atoms with E-state index in [1.807, 2.05) is 0 Å². The Balaban J connectivity index is 3.84. The fraction of sp³-hybridized carbons (Fsp3) is 0. The van der Waals surface area contributed by atoms with Crippen LogP contribution in [0.2, 0.25) is 15.1 Å². The molecule has 0 aliphatic carbocycles. The van der Waals surface area contributed by atoms with Crippen molar-refractivity contribution in [2.24, 2.45) is 0 Å². The molecule has 0 saturated carbocycles. The van der Waals surface area contributed by atoms with Gasteiger partial charge in [-0.25, -0.2) is 8.78 Å². The van der Waals surface area contributed by atoms with E-state index in [9.17, 15) is 17.2 Å². The Morgan fingerprint density at radius 2 is 1.40 bits per heavy atom. The minimum atomic E-state index is -5.02. The lowest BCUT2D eigenvalue weighted by atomic mass is 10.3. The second kappa shape index (κ2) is 4.03. The first-order valence-corrected chi connectivity index (χ1v) is 5.74. The summed E-state index contributed by atoms with van der Waals surface area (Å²) in [5.74, 6) is -3.57. The predicted molar refractivity (Wildman–Crippen MR) is 51.2 cm³/mol. The molecule has 9 heteroatoms. The van der Waals surface area contributed by atoms with Crippen LogP contribution in [0.1, 0.15) is 0 Å². The molecule has 0 spiro atoms. The monoisotopic (exact) mass is 296 g/mol. The third kappa shape index (κ3) is 2.19. The van der Waals surface area contributed by atoms with E-state index < -0.39 is 41.7 Å². The molecule has 1 N–H and O–H groups in total. The molecule has 0 heterocycles. The Morgan fingerprint density at radius 1 is 0.933 bits per heavy atom. The molecule has 0 aliphatic heterocycles. The molecule has 84 valence electrons. The number of halogens is 5. The lowest BCUT2D eigenvalue weighted by Gasteiger charge is -2.07. The summed E-state index contributed by atoms with van der Waals surface area (Å²) in [6, 6.07) is 0. The highest BCUT2D eigenvalue weighted by molar-refractivity contribution is 7.86. The van der Waals surface area contributed by atoms with Gasteiger partial charge in [-0.2, -0.15) is 8.42 Å². The van der Waals surface area contributed by atoms with E-state index >= 15 is 0 Å². The van der Waals surface area contributed by atoms with Crippen molar-refractivity contribution in [2.45, 2.75) is 4.90 Å². The Hall–Kier alpha value is -0.140. The predicted octanol–water partition coefficient (Wildman–Crippen LogP) is 3.17. The van der Waals surface area contributed by atoms with Crippen molar-refractivity contribution >= 4 is 44.9 Å². The number of benzene rings is 1. The molecule has 0 fully saturated rings. The van der Waals surface area contributed by atoms with Gasteiger partial charge in [0.2, 0.25) is 0 Å². The molecule has 0 atom stereocenters. The third-order valence-corrected chi connectivity index (χ3v) is 3.74. The number of rotatable bonds is 1. The van der Waals surface area contributed by atoms with Crippen molar-refractivity contribution in [1.82, 2.24) is 0 Å². The number of hydrogen-bond acceptors (Lipinski definition) is 2. The van der Waals surface area contributed by atoms with Crippen LogP contribution in [0.4, 0.5) is 8.78 Å². The summed E-state index contributed by atoms with van der Waals surface area (Å²) in [7, 11) is -5.02. The minimum Gasteiger partial charge on any atom is -0.282 e. The van der Waals surface area contributed by atoms with Gasteiger partial charge in [0.25, 0.3) is 10.1 Å². The smallest absolute Gasteiger partial charge is 0.282 e. The zero-order chi connectivity index (χ0) is 12.0. The van der Waals surface area contributed by atoms with E-state index in [0.717, 1.165) is 0 Å². The summed E-state index contributed by atoms with van der Waals surface area (Å²) in [5, 5.41) is -2.42. The summed E-state index contributed by atoms with van der Waals surface area (Å²) in [5.41, 5.74) is 0. The summed E-state index contributed by atoms with van der Waals surface area (Å²) in [6.45, 7) is 0. The van der Waals surface area contributed by atoms with Crippen LogP contribution in [0, 0.1) is 11.6 Å². The molecule has 1 aromatic carbocycles. The molecule has 1 rings (SSSR count). The molecule has 0 aliphatic rings. The normalized spacial score (nSPS) is 11.9. The van der Waals surface area contributed by atoms with Gasteiger partial charge in [-0.3, -0.25) is 4.55 Å². The highest BCUT2D eigenvalue weighted by Gasteiger charge is 2.29. The lowest BCUT2D eigenvalue weighted by Crippen LogP contribution is -2.06. The molecule has 0 unspecified atom stereocenters. The van der Waals surface area contributed by atoms with Crippen molar-refractivity contribution in [3.05, 3.63) is 26.7 Å². The molecule has 15 heavy (non-hydrogen) atoms. The van der Waals surface area contributed by atoms with Crippen molar-refractivity contribution in [2.75, 3.05) is 0 Å². The van der Waals surface area contributed by atoms with Crippen LogP contribution in [0.3, 0.4) is 0 Å². The largest absolute Gasteiger partial charge is 0.299 e. The average Bonchev–Trinajstić information content (AvgIpc) is 2.09. The maximum atomic E-state index is 13.1. The van der Waals surface area contributed by atoms with E-state index in [1.54, 1.807) is 0 Å². The molecular formula is C6HCl3F2O3S. The van der Waals surface area contributed by atoms with Gasteiger partial charge >= 0.3 is 0 Å². The molecular weight excluding hydrogens is 296 g/mol. The zero-order valence-corrected chi connectivity index (χ0v) is 9.65. The summed E-state index contributed by atoms with van der Waals surface area (Å²) >= 11 is 15.8. The minimum absolute atomic E-state index is 0.690. The molecule has 1 aromatic rings.